The molecule has 1 aliphatic rings. The van der Waals surface area contributed by atoms with Crippen molar-refractivity contribution in [2.45, 2.75) is 31.9 Å². The molecule has 1 saturated carbocycles. The summed E-state index contributed by atoms with van der Waals surface area (Å²) in [5, 5.41) is 3.79. The highest BCUT2D eigenvalue weighted by Gasteiger charge is 2.22. The average Bonchev–Trinajstić information content (AvgIpc) is 3.17. The number of nitrogens with one attached hydrogen (secondary N) is 1. The fourth-order valence-electron chi connectivity index (χ4n) is 1.76. The highest BCUT2D eigenvalue weighted by atomic mass is 35.5. The fraction of sp³-hybridized carbons (Fsp3) is 0.538. The molecule has 0 atom stereocenters. The molecule has 1 aromatic carbocycles. The van der Waals surface area contributed by atoms with Gasteiger partial charge in [-0.15, -0.1) is 0 Å². The molecule has 0 saturated heterocycles. The lowest BCUT2D eigenvalue weighted by Gasteiger charge is -2.16. The van der Waals surface area contributed by atoms with Crippen molar-refractivity contribution in [1.29, 1.82) is 0 Å². The van der Waals surface area contributed by atoms with Crippen LogP contribution in [0, 0.1) is 0 Å². The van der Waals surface area contributed by atoms with Gasteiger partial charge in [-0.2, -0.15) is 0 Å². The molecule has 0 radical (unpaired) electrons. The summed E-state index contributed by atoms with van der Waals surface area (Å²) in [5.41, 5.74) is 0.733. The van der Waals surface area contributed by atoms with Gasteiger partial charge in [0.05, 0.1) is 7.11 Å². The van der Waals surface area contributed by atoms with Crippen LogP contribution in [0.5, 0.6) is 11.5 Å². The van der Waals surface area contributed by atoms with Crippen LogP contribution in [0.25, 0.3) is 0 Å². The second kappa shape index (κ2) is 6.39. The maximum Gasteiger partial charge on any atom is 0.272 e. The third-order valence-electron chi connectivity index (χ3n) is 2.83. The Labute approximate surface area is 115 Å². The molecule has 1 fully saturated rings. The van der Waals surface area contributed by atoms with E-state index in [4.69, 9.17) is 21.1 Å². The molecule has 3 nitrogen and oxygen atoms in total. The first-order valence-corrected chi connectivity index (χ1v) is 6.48. The topological polar surface area (TPSA) is 30.5 Å². The molecule has 0 heterocycles. The third kappa shape index (κ3) is 4.21. The molecule has 0 aliphatic heterocycles. The van der Waals surface area contributed by atoms with Crippen LogP contribution in [-0.2, 0) is 6.54 Å². The molecule has 106 valence electrons. The molecule has 1 aromatic rings. The van der Waals surface area contributed by atoms with Crippen LogP contribution in [0.4, 0.5) is 8.78 Å². The minimum Gasteiger partial charge on any atom is -0.493 e. The summed E-state index contributed by atoms with van der Waals surface area (Å²) in [6.45, 7) is -0.130. The Balaban J connectivity index is 2.17. The van der Waals surface area contributed by atoms with E-state index >= 15 is 0 Å². The molecule has 0 spiro atoms. The van der Waals surface area contributed by atoms with Crippen molar-refractivity contribution in [3.8, 4) is 11.5 Å². The van der Waals surface area contributed by atoms with Crippen LogP contribution in [-0.4, -0.2) is 26.2 Å². The Kier molecular flexibility index (Phi) is 4.82. The van der Waals surface area contributed by atoms with Crippen molar-refractivity contribution in [2.24, 2.45) is 0 Å². The van der Waals surface area contributed by atoms with E-state index in [2.05, 4.69) is 5.32 Å². The highest BCUT2D eigenvalue weighted by molar-refractivity contribution is 6.30. The van der Waals surface area contributed by atoms with Crippen molar-refractivity contribution < 1.29 is 18.3 Å². The first-order chi connectivity index (χ1) is 9.10. The molecular formula is C13H16ClF2NO2. The quantitative estimate of drug-likeness (QED) is 0.836. The standard InChI is InChI=1S/C13H16ClF2NO2/c1-18-11-5-9(14)4-8(6-17-10-2-3-10)13(11)19-7-12(15)16/h4-5,10,12,17H,2-3,6-7H2,1H3. The van der Waals surface area contributed by atoms with Gasteiger partial charge < -0.3 is 14.8 Å². The van der Waals surface area contributed by atoms with Crippen molar-refractivity contribution in [1.82, 2.24) is 5.32 Å². The van der Waals surface area contributed by atoms with E-state index < -0.39 is 13.0 Å². The van der Waals surface area contributed by atoms with Crippen LogP contribution in [0.2, 0.25) is 5.02 Å². The fourth-order valence-corrected chi connectivity index (χ4v) is 1.99. The predicted octanol–water partition coefficient (Wildman–Crippen LogP) is 3.24. The molecule has 19 heavy (non-hydrogen) atoms. The van der Waals surface area contributed by atoms with Crippen LogP contribution < -0.4 is 14.8 Å². The molecule has 2 rings (SSSR count). The Morgan fingerprint density at radius 2 is 2.16 bits per heavy atom. The van der Waals surface area contributed by atoms with Gasteiger partial charge in [-0.3, -0.25) is 0 Å². The molecule has 0 aromatic heterocycles. The van der Waals surface area contributed by atoms with Gasteiger partial charge in [0.15, 0.2) is 11.5 Å². The van der Waals surface area contributed by atoms with E-state index in [1.165, 1.54) is 7.11 Å². The lowest BCUT2D eigenvalue weighted by Crippen LogP contribution is -2.17. The zero-order chi connectivity index (χ0) is 13.8. The van der Waals surface area contributed by atoms with Crippen LogP contribution in [0.3, 0.4) is 0 Å². The number of methoxy groups -OCH3 is 1. The van der Waals surface area contributed by atoms with Gasteiger partial charge in [0.2, 0.25) is 0 Å². The smallest absolute Gasteiger partial charge is 0.272 e. The number of alkyl halides is 2. The first kappa shape index (κ1) is 14.3. The average molecular weight is 292 g/mol. The van der Waals surface area contributed by atoms with E-state index in [9.17, 15) is 8.78 Å². The summed E-state index contributed by atoms with van der Waals surface area (Å²) in [6.07, 6.45) is -0.236. The molecular weight excluding hydrogens is 276 g/mol. The van der Waals surface area contributed by atoms with E-state index in [1.54, 1.807) is 12.1 Å². The Morgan fingerprint density at radius 1 is 1.42 bits per heavy atom. The molecule has 1 aliphatic carbocycles. The number of hydrogen-bond donors (Lipinski definition) is 1. The van der Waals surface area contributed by atoms with Gasteiger partial charge in [0.25, 0.3) is 6.43 Å². The van der Waals surface area contributed by atoms with Gasteiger partial charge in [-0.05, 0) is 18.9 Å². The lowest BCUT2D eigenvalue weighted by molar-refractivity contribution is 0.0798. The maximum absolute atomic E-state index is 12.3. The van der Waals surface area contributed by atoms with E-state index in [0.717, 1.165) is 18.4 Å². The van der Waals surface area contributed by atoms with Gasteiger partial charge in [-0.1, -0.05) is 11.6 Å². The molecule has 6 heteroatoms. The highest BCUT2D eigenvalue weighted by Crippen LogP contribution is 2.35. The monoisotopic (exact) mass is 291 g/mol. The number of ether oxygens (including phenoxy) is 2. The minimum atomic E-state index is -2.52. The summed E-state index contributed by atoms with van der Waals surface area (Å²) >= 11 is 5.98. The minimum absolute atomic E-state index is 0.334. The summed E-state index contributed by atoms with van der Waals surface area (Å²) in [4.78, 5) is 0. The van der Waals surface area contributed by atoms with Crippen LogP contribution >= 0.6 is 11.6 Å². The summed E-state index contributed by atoms with van der Waals surface area (Å²) < 4.78 is 34.9. The first-order valence-electron chi connectivity index (χ1n) is 6.11. The Morgan fingerprint density at radius 3 is 2.74 bits per heavy atom. The Hall–Kier alpha value is -1.07. The van der Waals surface area contributed by atoms with E-state index in [0.29, 0.717) is 29.1 Å². The summed E-state index contributed by atoms with van der Waals surface area (Å²) in [7, 11) is 1.46. The van der Waals surface area contributed by atoms with Gasteiger partial charge in [-0.25, -0.2) is 8.78 Å². The largest absolute Gasteiger partial charge is 0.493 e. The number of hydrogen-bond acceptors (Lipinski definition) is 3. The zero-order valence-electron chi connectivity index (χ0n) is 10.6. The lowest BCUT2D eigenvalue weighted by atomic mass is 10.2. The van der Waals surface area contributed by atoms with Crippen LogP contribution in [0.1, 0.15) is 18.4 Å². The molecule has 0 bridgehead atoms. The van der Waals surface area contributed by atoms with Crippen molar-refractivity contribution >= 4 is 11.6 Å². The van der Waals surface area contributed by atoms with Crippen molar-refractivity contribution in [3.05, 3.63) is 22.7 Å². The second-order valence-electron chi connectivity index (χ2n) is 4.45. The Bertz CT molecular complexity index is 439. The van der Waals surface area contributed by atoms with Gasteiger partial charge in [0.1, 0.15) is 6.61 Å². The summed E-state index contributed by atoms with van der Waals surface area (Å²) in [5.74, 6) is 0.709. The third-order valence-corrected chi connectivity index (χ3v) is 3.05. The van der Waals surface area contributed by atoms with Crippen LogP contribution in [0.15, 0.2) is 12.1 Å². The normalized spacial score (nSPS) is 14.8. The second-order valence-corrected chi connectivity index (χ2v) is 4.89. The number of halogens is 3. The molecule has 0 amide bonds. The van der Waals surface area contributed by atoms with Crippen molar-refractivity contribution in [2.75, 3.05) is 13.7 Å². The predicted molar refractivity (Wildman–Crippen MR) is 69.4 cm³/mol. The number of rotatable bonds is 7. The number of benzene rings is 1. The molecule has 0 unspecified atom stereocenters. The maximum atomic E-state index is 12.3. The van der Waals surface area contributed by atoms with Gasteiger partial charge >= 0.3 is 0 Å². The molecule has 1 N–H and O–H groups in total. The van der Waals surface area contributed by atoms with Crippen molar-refractivity contribution in [3.63, 3.8) is 0 Å². The van der Waals surface area contributed by atoms with E-state index in [1.807, 2.05) is 0 Å². The zero-order valence-corrected chi connectivity index (χ0v) is 11.3. The summed E-state index contributed by atoms with van der Waals surface area (Å²) in [6, 6.07) is 3.77. The van der Waals surface area contributed by atoms with E-state index in [-0.39, 0.29) is 0 Å². The van der Waals surface area contributed by atoms with Gasteiger partial charge in [0, 0.05) is 29.2 Å². The SMILES string of the molecule is COc1cc(Cl)cc(CNC2CC2)c1OCC(F)F.